The molecule has 1 heterocycles. The van der Waals surface area contributed by atoms with Gasteiger partial charge in [-0.2, -0.15) is 5.10 Å². The summed E-state index contributed by atoms with van der Waals surface area (Å²) >= 11 is 5.74. The van der Waals surface area contributed by atoms with E-state index in [1.807, 2.05) is 0 Å². The van der Waals surface area contributed by atoms with Gasteiger partial charge in [0.25, 0.3) is 5.91 Å². The first-order valence-corrected chi connectivity index (χ1v) is 5.70. The second kappa shape index (κ2) is 5.18. The van der Waals surface area contributed by atoms with Crippen LogP contribution in [0.25, 0.3) is 0 Å². The van der Waals surface area contributed by atoms with E-state index in [1.54, 1.807) is 19.3 Å². The molecular weight excluding hydrogens is 257 g/mol. The van der Waals surface area contributed by atoms with Crippen LogP contribution in [0.3, 0.4) is 0 Å². The summed E-state index contributed by atoms with van der Waals surface area (Å²) in [6, 6.07) is 3.59. The van der Waals surface area contributed by atoms with Crippen molar-refractivity contribution in [2.75, 3.05) is 0 Å². The smallest absolute Gasteiger partial charge is 0.254 e. The summed E-state index contributed by atoms with van der Waals surface area (Å²) in [6.45, 7) is 1.78. The van der Waals surface area contributed by atoms with Crippen molar-refractivity contribution < 1.29 is 9.18 Å². The Morgan fingerprint density at radius 2 is 2.33 bits per heavy atom. The number of amides is 1. The molecule has 0 spiro atoms. The average molecular weight is 268 g/mol. The van der Waals surface area contributed by atoms with Crippen LogP contribution in [-0.4, -0.2) is 16.1 Å². The first-order valence-electron chi connectivity index (χ1n) is 5.32. The molecule has 0 saturated heterocycles. The molecule has 0 bridgehead atoms. The van der Waals surface area contributed by atoms with Crippen LogP contribution in [0.2, 0.25) is 5.02 Å². The van der Waals surface area contributed by atoms with Crippen molar-refractivity contribution in [1.29, 1.82) is 0 Å². The van der Waals surface area contributed by atoms with Crippen molar-refractivity contribution in [3.05, 3.63) is 52.6 Å². The molecule has 6 heteroatoms. The van der Waals surface area contributed by atoms with Crippen molar-refractivity contribution in [2.45, 2.75) is 13.0 Å². The molecule has 94 valence electrons. The van der Waals surface area contributed by atoms with E-state index in [9.17, 15) is 9.18 Å². The van der Waals surface area contributed by atoms with Crippen molar-refractivity contribution in [3.63, 3.8) is 0 Å². The highest BCUT2D eigenvalue weighted by atomic mass is 35.5. The molecule has 1 atom stereocenters. The zero-order chi connectivity index (χ0) is 13.1. The lowest BCUT2D eigenvalue weighted by Gasteiger charge is -2.12. The average Bonchev–Trinajstić information content (AvgIpc) is 2.85. The summed E-state index contributed by atoms with van der Waals surface area (Å²) in [4.78, 5) is 11.9. The number of carbonyl (C=O) groups excluding carboxylic acids is 1. The number of aromatic amines is 1. The van der Waals surface area contributed by atoms with Crippen LogP contribution in [-0.2, 0) is 0 Å². The maximum absolute atomic E-state index is 13.5. The Kier molecular flexibility index (Phi) is 3.62. The third-order valence-corrected chi connectivity index (χ3v) is 2.78. The first kappa shape index (κ1) is 12.6. The molecule has 1 amide bonds. The zero-order valence-corrected chi connectivity index (χ0v) is 10.3. The predicted molar refractivity (Wildman–Crippen MR) is 65.9 cm³/mol. The molecule has 4 nitrogen and oxygen atoms in total. The minimum Gasteiger partial charge on any atom is -0.345 e. The molecule has 2 rings (SSSR count). The molecule has 0 aliphatic rings. The van der Waals surface area contributed by atoms with E-state index in [4.69, 9.17) is 11.6 Å². The molecule has 0 saturated carbocycles. The Labute approximate surface area is 108 Å². The van der Waals surface area contributed by atoms with Crippen LogP contribution in [0.1, 0.15) is 28.9 Å². The highest BCUT2D eigenvalue weighted by molar-refractivity contribution is 6.31. The van der Waals surface area contributed by atoms with Gasteiger partial charge in [-0.25, -0.2) is 4.39 Å². The minimum atomic E-state index is -0.601. The number of nitrogens with one attached hydrogen (secondary N) is 2. The van der Waals surface area contributed by atoms with Crippen molar-refractivity contribution in [3.8, 4) is 0 Å². The van der Waals surface area contributed by atoms with Gasteiger partial charge in [-0.3, -0.25) is 9.89 Å². The Bertz CT molecular complexity index is 556. The van der Waals surface area contributed by atoms with Crippen molar-refractivity contribution in [1.82, 2.24) is 15.5 Å². The van der Waals surface area contributed by atoms with Gasteiger partial charge in [0.2, 0.25) is 0 Å². The predicted octanol–water partition coefficient (Wildman–Crippen LogP) is 2.69. The number of hydrogen-bond donors (Lipinski definition) is 2. The molecule has 1 aromatic heterocycles. The number of benzene rings is 1. The molecule has 0 aliphatic heterocycles. The maximum atomic E-state index is 13.5. The van der Waals surface area contributed by atoms with Gasteiger partial charge in [-0.05, 0) is 25.1 Å². The number of halogens is 2. The third kappa shape index (κ3) is 2.68. The molecule has 18 heavy (non-hydrogen) atoms. The lowest BCUT2D eigenvalue weighted by molar-refractivity contribution is 0.0936. The monoisotopic (exact) mass is 267 g/mol. The fourth-order valence-electron chi connectivity index (χ4n) is 1.53. The fraction of sp³-hybridized carbons (Fsp3) is 0.167. The van der Waals surface area contributed by atoms with Gasteiger partial charge in [-0.1, -0.05) is 11.6 Å². The number of aromatic nitrogens is 2. The highest BCUT2D eigenvalue weighted by Crippen LogP contribution is 2.16. The van der Waals surface area contributed by atoms with Gasteiger partial charge in [0, 0.05) is 16.8 Å². The lowest BCUT2D eigenvalue weighted by atomic mass is 10.1. The van der Waals surface area contributed by atoms with E-state index in [1.165, 1.54) is 18.2 Å². The lowest BCUT2D eigenvalue weighted by Crippen LogP contribution is -2.27. The molecule has 1 unspecified atom stereocenters. The number of nitrogens with zero attached hydrogens (tertiary/aromatic N) is 1. The molecule has 0 fully saturated rings. The Morgan fingerprint density at radius 3 is 3.00 bits per heavy atom. The fourth-order valence-corrected chi connectivity index (χ4v) is 1.70. The van der Waals surface area contributed by atoms with E-state index < -0.39 is 11.7 Å². The van der Waals surface area contributed by atoms with Gasteiger partial charge < -0.3 is 5.32 Å². The number of hydrogen-bond acceptors (Lipinski definition) is 2. The van der Waals surface area contributed by atoms with Crippen LogP contribution in [0.15, 0.2) is 30.6 Å². The van der Waals surface area contributed by atoms with E-state index in [-0.39, 0.29) is 11.6 Å². The maximum Gasteiger partial charge on any atom is 0.254 e. The quantitative estimate of drug-likeness (QED) is 0.898. The Hall–Kier alpha value is -1.88. The van der Waals surface area contributed by atoms with Crippen molar-refractivity contribution >= 4 is 17.5 Å². The summed E-state index contributed by atoms with van der Waals surface area (Å²) in [7, 11) is 0. The summed E-state index contributed by atoms with van der Waals surface area (Å²) in [5, 5.41) is 9.42. The van der Waals surface area contributed by atoms with Crippen LogP contribution < -0.4 is 5.32 Å². The summed E-state index contributed by atoms with van der Waals surface area (Å²) in [5.41, 5.74) is 0.739. The zero-order valence-electron chi connectivity index (χ0n) is 9.58. The molecule has 0 radical (unpaired) electrons. The van der Waals surface area contributed by atoms with Gasteiger partial charge >= 0.3 is 0 Å². The van der Waals surface area contributed by atoms with Gasteiger partial charge in [0.15, 0.2) is 0 Å². The van der Waals surface area contributed by atoms with Crippen LogP contribution in [0, 0.1) is 5.82 Å². The van der Waals surface area contributed by atoms with Crippen LogP contribution in [0.4, 0.5) is 4.39 Å². The van der Waals surface area contributed by atoms with Gasteiger partial charge in [-0.15, -0.1) is 0 Å². The molecule has 0 aliphatic carbocycles. The topological polar surface area (TPSA) is 57.8 Å². The minimum absolute atomic E-state index is 0.0714. The summed E-state index contributed by atoms with van der Waals surface area (Å²) in [5.74, 6) is -1.11. The first-order chi connectivity index (χ1) is 8.58. The highest BCUT2D eigenvalue weighted by Gasteiger charge is 2.15. The second-order valence-electron chi connectivity index (χ2n) is 3.85. The third-order valence-electron chi connectivity index (χ3n) is 2.54. The van der Waals surface area contributed by atoms with Crippen LogP contribution >= 0.6 is 11.6 Å². The van der Waals surface area contributed by atoms with E-state index in [0.717, 1.165) is 5.56 Å². The molecule has 1 aromatic carbocycles. The van der Waals surface area contributed by atoms with Gasteiger partial charge in [0.05, 0.1) is 17.8 Å². The van der Waals surface area contributed by atoms with Crippen molar-refractivity contribution in [2.24, 2.45) is 0 Å². The summed E-state index contributed by atoms with van der Waals surface area (Å²) < 4.78 is 13.5. The van der Waals surface area contributed by atoms with E-state index >= 15 is 0 Å². The normalized spacial score (nSPS) is 12.2. The standard InChI is InChI=1S/C12H11ClFN3O/c1-7(8-5-15-16-6-8)17-12(18)10-4-9(13)2-3-11(10)14/h2-7H,1H3,(H,15,16)(H,17,18). The Balaban J connectivity index is 2.15. The molecule has 2 aromatic rings. The SMILES string of the molecule is CC(NC(=O)c1cc(Cl)ccc1F)c1cn[nH]c1. The number of carbonyl (C=O) groups is 1. The van der Waals surface area contributed by atoms with E-state index in [2.05, 4.69) is 15.5 Å². The molecule has 2 N–H and O–H groups in total. The van der Waals surface area contributed by atoms with E-state index in [0.29, 0.717) is 5.02 Å². The largest absolute Gasteiger partial charge is 0.345 e. The Morgan fingerprint density at radius 1 is 1.56 bits per heavy atom. The van der Waals surface area contributed by atoms with Gasteiger partial charge in [0.1, 0.15) is 5.82 Å². The van der Waals surface area contributed by atoms with Crippen LogP contribution in [0.5, 0.6) is 0 Å². The number of rotatable bonds is 3. The second-order valence-corrected chi connectivity index (χ2v) is 4.29. The molecular formula is C12H11ClFN3O. The number of H-pyrrole nitrogens is 1. The summed E-state index contributed by atoms with van der Waals surface area (Å²) in [6.07, 6.45) is 3.26.